The van der Waals surface area contributed by atoms with Gasteiger partial charge in [0, 0.05) is 26.7 Å². The first-order chi connectivity index (χ1) is 9.21. The summed E-state index contributed by atoms with van der Waals surface area (Å²) in [6.45, 7) is 3.52. The molecule has 1 amide bonds. The van der Waals surface area contributed by atoms with Crippen LogP contribution < -0.4 is 10.2 Å². The Bertz CT molecular complexity index is 498. The maximum Gasteiger partial charge on any atom is 0.303 e. The summed E-state index contributed by atoms with van der Waals surface area (Å²) < 4.78 is 0. The number of nitrogens with zero attached hydrogens (tertiary/aromatic N) is 2. The van der Waals surface area contributed by atoms with Gasteiger partial charge in [-0.3, -0.25) is 9.59 Å². The number of carboxylic acids is 1. The molecule has 0 radical (unpaired) electrons. The first-order valence-electron chi connectivity index (χ1n) is 6.35. The van der Waals surface area contributed by atoms with Crippen LogP contribution in [-0.2, 0) is 9.59 Å². The van der Waals surface area contributed by atoms with Crippen LogP contribution in [0.2, 0.25) is 0 Å². The molecule has 110 valence electrons. The van der Waals surface area contributed by atoms with Gasteiger partial charge in [-0.25, -0.2) is 4.98 Å². The summed E-state index contributed by atoms with van der Waals surface area (Å²) in [5.41, 5.74) is 0.0322. The lowest BCUT2D eigenvalue weighted by molar-refractivity contribution is -0.139. The Labute approximate surface area is 118 Å². The fourth-order valence-electron chi connectivity index (χ4n) is 1.95. The number of carbonyl (C=O) groups excluding carboxylic acids is 1. The summed E-state index contributed by atoms with van der Waals surface area (Å²) in [5.74, 6) is -0.456. The predicted octanol–water partition coefficient (Wildman–Crippen LogP) is 1.98. The molecule has 6 heteroatoms. The number of hydrogen-bond donors (Lipinski definition) is 2. The lowest BCUT2D eigenvalue weighted by Crippen LogP contribution is -2.25. The van der Waals surface area contributed by atoms with E-state index in [9.17, 15) is 9.59 Å². The highest BCUT2D eigenvalue weighted by atomic mass is 16.4. The van der Waals surface area contributed by atoms with Crippen molar-refractivity contribution in [2.24, 2.45) is 5.41 Å². The molecular weight excluding hydrogens is 258 g/mol. The minimum Gasteiger partial charge on any atom is -0.481 e. The van der Waals surface area contributed by atoms with Gasteiger partial charge in [0.15, 0.2) is 5.82 Å². The molecule has 0 spiro atoms. The number of rotatable bonds is 6. The van der Waals surface area contributed by atoms with Crippen molar-refractivity contribution in [2.75, 3.05) is 24.3 Å². The number of pyridine rings is 1. The second-order valence-electron chi connectivity index (χ2n) is 5.73. The van der Waals surface area contributed by atoms with Crippen molar-refractivity contribution < 1.29 is 14.7 Å². The molecule has 0 saturated carbocycles. The van der Waals surface area contributed by atoms with Gasteiger partial charge in [0.1, 0.15) is 0 Å². The van der Waals surface area contributed by atoms with Crippen LogP contribution in [0.5, 0.6) is 0 Å². The van der Waals surface area contributed by atoms with Crippen LogP contribution in [0.15, 0.2) is 18.3 Å². The molecule has 0 saturated heterocycles. The van der Waals surface area contributed by atoms with Gasteiger partial charge in [-0.15, -0.1) is 0 Å². The van der Waals surface area contributed by atoms with E-state index >= 15 is 0 Å². The van der Waals surface area contributed by atoms with Gasteiger partial charge in [-0.2, -0.15) is 0 Å². The maximum absolute atomic E-state index is 12.0. The molecule has 1 rings (SSSR count). The third-order valence-corrected chi connectivity index (χ3v) is 2.75. The Balaban J connectivity index is 2.74. The van der Waals surface area contributed by atoms with Gasteiger partial charge in [-0.1, -0.05) is 13.8 Å². The zero-order valence-corrected chi connectivity index (χ0v) is 12.3. The molecule has 0 fully saturated rings. The van der Waals surface area contributed by atoms with E-state index in [0.717, 1.165) is 0 Å². The molecule has 0 bridgehead atoms. The van der Waals surface area contributed by atoms with Gasteiger partial charge in [-0.05, 0) is 17.5 Å². The predicted molar refractivity (Wildman–Crippen MR) is 77.8 cm³/mol. The number of aromatic nitrogens is 1. The SMILES string of the molecule is CN(C)c1ncccc1NC(=O)CC(C)(C)CC(=O)O. The Morgan fingerprint density at radius 2 is 2.00 bits per heavy atom. The van der Waals surface area contributed by atoms with Gasteiger partial charge in [0.2, 0.25) is 5.91 Å². The average molecular weight is 279 g/mol. The van der Waals surface area contributed by atoms with Crippen molar-refractivity contribution in [3.63, 3.8) is 0 Å². The first-order valence-corrected chi connectivity index (χ1v) is 6.35. The molecular formula is C14H21N3O3. The number of carboxylic acid groups (broad SMARTS) is 1. The Morgan fingerprint density at radius 3 is 2.55 bits per heavy atom. The van der Waals surface area contributed by atoms with E-state index in [4.69, 9.17) is 5.11 Å². The highest BCUT2D eigenvalue weighted by molar-refractivity contribution is 5.94. The van der Waals surface area contributed by atoms with Gasteiger partial charge >= 0.3 is 5.97 Å². The number of hydrogen-bond acceptors (Lipinski definition) is 4. The molecule has 0 aromatic carbocycles. The van der Waals surface area contributed by atoms with Gasteiger partial charge in [0.25, 0.3) is 0 Å². The fourth-order valence-corrected chi connectivity index (χ4v) is 1.95. The van der Waals surface area contributed by atoms with Gasteiger partial charge < -0.3 is 15.3 Å². The van der Waals surface area contributed by atoms with E-state index in [2.05, 4.69) is 10.3 Å². The Morgan fingerprint density at radius 1 is 1.35 bits per heavy atom. The molecule has 0 aliphatic heterocycles. The van der Waals surface area contributed by atoms with Crippen molar-refractivity contribution in [3.05, 3.63) is 18.3 Å². The molecule has 0 aliphatic carbocycles. The van der Waals surface area contributed by atoms with Crippen LogP contribution in [0, 0.1) is 5.41 Å². The molecule has 1 aromatic heterocycles. The molecule has 20 heavy (non-hydrogen) atoms. The quantitative estimate of drug-likeness (QED) is 0.832. The van der Waals surface area contributed by atoms with Crippen molar-refractivity contribution in [1.82, 2.24) is 4.98 Å². The molecule has 1 aromatic rings. The van der Waals surface area contributed by atoms with E-state index in [-0.39, 0.29) is 18.7 Å². The van der Waals surface area contributed by atoms with Crippen LogP contribution >= 0.6 is 0 Å². The normalized spacial score (nSPS) is 11.0. The molecule has 2 N–H and O–H groups in total. The third kappa shape index (κ3) is 4.87. The summed E-state index contributed by atoms with van der Waals surface area (Å²) in [5, 5.41) is 11.6. The van der Waals surface area contributed by atoms with Crippen molar-refractivity contribution >= 4 is 23.4 Å². The number of amides is 1. The number of carbonyl (C=O) groups is 2. The second-order valence-corrected chi connectivity index (χ2v) is 5.73. The molecule has 1 heterocycles. The van der Waals surface area contributed by atoms with E-state index in [1.807, 2.05) is 14.1 Å². The summed E-state index contributed by atoms with van der Waals surface area (Å²) in [6, 6.07) is 3.51. The van der Waals surface area contributed by atoms with Crippen LogP contribution in [-0.4, -0.2) is 36.1 Å². The molecule has 0 unspecified atom stereocenters. The molecule has 0 aliphatic rings. The second kappa shape index (κ2) is 6.36. The number of anilines is 2. The summed E-state index contributed by atoms with van der Waals surface area (Å²) in [6.07, 6.45) is 1.74. The van der Waals surface area contributed by atoms with Crippen LogP contribution in [0.25, 0.3) is 0 Å². The van der Waals surface area contributed by atoms with Crippen LogP contribution in [0.4, 0.5) is 11.5 Å². The first kappa shape index (κ1) is 15.9. The Kier molecular flexibility index (Phi) is 5.07. The highest BCUT2D eigenvalue weighted by Crippen LogP contribution is 2.27. The van der Waals surface area contributed by atoms with Crippen molar-refractivity contribution in [2.45, 2.75) is 26.7 Å². The monoisotopic (exact) mass is 279 g/mol. The topological polar surface area (TPSA) is 82.5 Å². The Hall–Kier alpha value is -2.11. The standard InChI is InChI=1S/C14H21N3O3/c1-14(2,9-12(19)20)8-11(18)16-10-6-5-7-15-13(10)17(3)4/h5-7H,8-9H2,1-4H3,(H,16,18)(H,19,20). The van der Waals surface area contributed by atoms with Gasteiger partial charge in [0.05, 0.1) is 12.1 Å². The fraction of sp³-hybridized carbons (Fsp3) is 0.500. The van der Waals surface area contributed by atoms with Crippen LogP contribution in [0.1, 0.15) is 26.7 Å². The smallest absolute Gasteiger partial charge is 0.303 e. The van der Waals surface area contributed by atoms with E-state index < -0.39 is 11.4 Å². The van der Waals surface area contributed by atoms with Crippen molar-refractivity contribution in [3.8, 4) is 0 Å². The zero-order valence-electron chi connectivity index (χ0n) is 12.3. The van der Waals surface area contributed by atoms with E-state index in [0.29, 0.717) is 11.5 Å². The average Bonchev–Trinajstić information content (AvgIpc) is 2.26. The largest absolute Gasteiger partial charge is 0.481 e. The zero-order chi connectivity index (χ0) is 15.3. The lowest BCUT2D eigenvalue weighted by atomic mass is 9.85. The van der Waals surface area contributed by atoms with Crippen LogP contribution in [0.3, 0.4) is 0 Å². The minimum atomic E-state index is -0.904. The maximum atomic E-state index is 12.0. The van der Waals surface area contributed by atoms with E-state index in [1.54, 1.807) is 37.1 Å². The van der Waals surface area contributed by atoms with Crippen molar-refractivity contribution in [1.29, 1.82) is 0 Å². The molecule has 6 nitrogen and oxygen atoms in total. The summed E-state index contributed by atoms with van der Waals surface area (Å²) >= 11 is 0. The minimum absolute atomic E-state index is 0.0476. The summed E-state index contributed by atoms with van der Waals surface area (Å²) in [7, 11) is 3.68. The highest BCUT2D eigenvalue weighted by Gasteiger charge is 2.25. The van der Waals surface area contributed by atoms with E-state index in [1.165, 1.54) is 0 Å². The molecule has 0 atom stereocenters. The third-order valence-electron chi connectivity index (χ3n) is 2.75. The summed E-state index contributed by atoms with van der Waals surface area (Å²) in [4.78, 5) is 28.8. The number of nitrogens with one attached hydrogen (secondary N) is 1. The lowest BCUT2D eigenvalue weighted by Gasteiger charge is -2.22. The number of aliphatic carboxylic acids is 1.